The van der Waals surface area contributed by atoms with Crippen LogP contribution in [0.15, 0.2) is 66.7 Å². The highest BCUT2D eigenvalue weighted by Gasteiger charge is 2.50. The molecule has 1 aromatic heterocycles. The van der Waals surface area contributed by atoms with Crippen molar-refractivity contribution in [1.29, 1.82) is 0 Å². The fourth-order valence-electron chi connectivity index (χ4n) is 4.31. The van der Waals surface area contributed by atoms with Crippen LogP contribution in [0.25, 0.3) is 11.0 Å². The van der Waals surface area contributed by atoms with Crippen molar-refractivity contribution in [3.05, 3.63) is 83.4 Å². The van der Waals surface area contributed by atoms with Crippen LogP contribution in [-0.4, -0.2) is 40.1 Å². The van der Waals surface area contributed by atoms with Crippen LogP contribution in [0.2, 0.25) is 0 Å². The summed E-state index contributed by atoms with van der Waals surface area (Å²) < 4.78 is 4.60. The van der Waals surface area contributed by atoms with E-state index in [4.69, 9.17) is 0 Å². The van der Waals surface area contributed by atoms with Crippen LogP contribution >= 0.6 is 0 Å². The van der Waals surface area contributed by atoms with Crippen molar-refractivity contribution in [3.8, 4) is 0 Å². The lowest BCUT2D eigenvalue weighted by Gasteiger charge is -2.35. The molecule has 0 radical (unpaired) electrons. The third kappa shape index (κ3) is 3.65. The van der Waals surface area contributed by atoms with Crippen molar-refractivity contribution in [1.82, 2.24) is 9.97 Å². The highest BCUT2D eigenvalue weighted by Crippen LogP contribution is 2.45. The summed E-state index contributed by atoms with van der Waals surface area (Å²) in [5.74, 6) is -0.464. The molecule has 0 saturated carbocycles. The molecule has 5 rings (SSSR count). The molecule has 35 heavy (non-hydrogen) atoms. The number of rotatable bonds is 4. The second-order valence-electron chi connectivity index (χ2n) is 8.02. The maximum atomic E-state index is 13.5. The standard InChI is InChI=1S/C25H21N5O5/c1-14(31)26-16-6-5-7-17(13-16)30-22(32)18-8-3-4-9-19(18)25(30,34)15-10-11-20-21(12-15)28-23(27-20)29-24(33)35-2/h3-13,34H,1-2H3,(H,26,31)(H2,27,28,29,33). The molecule has 0 saturated heterocycles. The largest absolute Gasteiger partial charge is 0.453 e. The Kier molecular flexibility index (Phi) is 5.22. The lowest BCUT2D eigenvalue weighted by atomic mass is 9.93. The Hall–Kier alpha value is -4.70. The lowest BCUT2D eigenvalue weighted by molar-refractivity contribution is -0.114. The molecule has 10 heteroatoms. The number of aliphatic hydroxyl groups is 1. The highest BCUT2D eigenvalue weighted by atomic mass is 16.5. The Balaban J connectivity index is 1.65. The molecule has 2 heterocycles. The van der Waals surface area contributed by atoms with Gasteiger partial charge in [0.2, 0.25) is 11.9 Å². The predicted octanol–water partition coefficient (Wildman–Crippen LogP) is 3.55. The number of methoxy groups -OCH3 is 1. The number of fused-ring (bicyclic) bond motifs is 2. The van der Waals surface area contributed by atoms with Crippen LogP contribution in [0.3, 0.4) is 0 Å². The van der Waals surface area contributed by atoms with E-state index in [1.54, 1.807) is 66.7 Å². The molecule has 0 fully saturated rings. The first-order valence-electron chi connectivity index (χ1n) is 10.7. The smallest absolute Gasteiger partial charge is 0.413 e. The Bertz CT molecular complexity index is 1500. The number of hydrogen-bond acceptors (Lipinski definition) is 6. The average molecular weight is 471 g/mol. The molecule has 4 N–H and O–H groups in total. The summed E-state index contributed by atoms with van der Waals surface area (Å²) in [6.07, 6.45) is -0.677. The molecule has 1 unspecified atom stereocenters. The van der Waals surface area contributed by atoms with Crippen LogP contribution in [0.4, 0.5) is 22.1 Å². The molecule has 0 spiro atoms. The van der Waals surface area contributed by atoms with Gasteiger partial charge in [-0.25, -0.2) is 9.78 Å². The number of anilines is 3. The van der Waals surface area contributed by atoms with E-state index in [1.807, 2.05) is 0 Å². The number of carbonyl (C=O) groups is 3. The number of hydrogen-bond donors (Lipinski definition) is 4. The van der Waals surface area contributed by atoms with E-state index in [0.717, 1.165) is 0 Å². The normalized spacial score (nSPS) is 16.8. The Morgan fingerprint density at radius 2 is 1.86 bits per heavy atom. The van der Waals surface area contributed by atoms with E-state index in [-0.39, 0.29) is 17.8 Å². The van der Waals surface area contributed by atoms with Crippen molar-refractivity contribution >= 4 is 46.3 Å². The van der Waals surface area contributed by atoms with Gasteiger partial charge in [-0.05, 0) is 36.4 Å². The van der Waals surface area contributed by atoms with Gasteiger partial charge in [-0.3, -0.25) is 19.8 Å². The molecule has 1 atom stereocenters. The van der Waals surface area contributed by atoms with Gasteiger partial charge in [0.15, 0.2) is 5.72 Å². The van der Waals surface area contributed by atoms with E-state index in [1.165, 1.54) is 18.9 Å². The third-order valence-electron chi connectivity index (χ3n) is 5.77. The fourth-order valence-corrected chi connectivity index (χ4v) is 4.31. The minimum absolute atomic E-state index is 0.179. The first kappa shape index (κ1) is 22.1. The molecule has 0 aliphatic carbocycles. The summed E-state index contributed by atoms with van der Waals surface area (Å²) >= 11 is 0. The van der Waals surface area contributed by atoms with Crippen LogP contribution in [0.1, 0.15) is 28.4 Å². The summed E-state index contributed by atoms with van der Waals surface area (Å²) in [5, 5.41) is 17.4. The van der Waals surface area contributed by atoms with E-state index < -0.39 is 11.8 Å². The van der Waals surface area contributed by atoms with E-state index in [2.05, 4.69) is 25.3 Å². The summed E-state index contributed by atoms with van der Waals surface area (Å²) in [4.78, 5) is 45.2. The lowest BCUT2D eigenvalue weighted by Crippen LogP contribution is -2.45. The number of H-pyrrole nitrogens is 1. The summed E-state index contributed by atoms with van der Waals surface area (Å²) in [7, 11) is 1.25. The maximum absolute atomic E-state index is 13.5. The Morgan fingerprint density at radius 3 is 2.63 bits per heavy atom. The topological polar surface area (TPSA) is 137 Å². The minimum atomic E-state index is -1.85. The molecule has 176 valence electrons. The van der Waals surface area contributed by atoms with Gasteiger partial charge in [-0.1, -0.05) is 30.3 Å². The van der Waals surface area contributed by atoms with Gasteiger partial charge < -0.3 is 20.1 Å². The average Bonchev–Trinajstić information content (AvgIpc) is 3.34. The molecule has 1 aliphatic heterocycles. The van der Waals surface area contributed by atoms with Crippen LogP contribution in [0.5, 0.6) is 0 Å². The second-order valence-corrected chi connectivity index (χ2v) is 8.02. The molecule has 3 aromatic carbocycles. The number of ether oxygens (including phenoxy) is 1. The minimum Gasteiger partial charge on any atom is -0.453 e. The highest BCUT2D eigenvalue weighted by molar-refractivity contribution is 6.12. The molecule has 10 nitrogen and oxygen atoms in total. The molecule has 1 aliphatic rings. The van der Waals surface area contributed by atoms with Crippen LogP contribution < -0.4 is 15.5 Å². The van der Waals surface area contributed by atoms with Crippen LogP contribution in [-0.2, 0) is 15.3 Å². The van der Waals surface area contributed by atoms with Crippen molar-refractivity contribution in [2.75, 3.05) is 22.6 Å². The van der Waals surface area contributed by atoms with Gasteiger partial charge in [0.05, 0.1) is 18.1 Å². The summed E-state index contributed by atoms with van der Waals surface area (Å²) in [5.41, 5.74) is 1.30. The molecular weight excluding hydrogens is 450 g/mol. The third-order valence-corrected chi connectivity index (χ3v) is 5.77. The number of aromatic amines is 1. The zero-order chi connectivity index (χ0) is 24.7. The molecule has 0 bridgehead atoms. The molecule has 3 amide bonds. The fraction of sp³-hybridized carbons (Fsp3) is 0.120. The van der Waals surface area contributed by atoms with Crippen molar-refractivity contribution in [3.63, 3.8) is 0 Å². The first-order chi connectivity index (χ1) is 16.8. The van der Waals surface area contributed by atoms with Gasteiger partial charge in [0.25, 0.3) is 5.91 Å². The number of aromatic nitrogens is 2. The quantitative estimate of drug-likeness (QED) is 0.359. The number of amides is 3. The second kappa shape index (κ2) is 8.26. The summed E-state index contributed by atoms with van der Waals surface area (Å²) in [6, 6.07) is 18.6. The van der Waals surface area contributed by atoms with Gasteiger partial charge in [0, 0.05) is 35.0 Å². The van der Waals surface area contributed by atoms with Gasteiger partial charge >= 0.3 is 6.09 Å². The maximum Gasteiger partial charge on any atom is 0.413 e. The molecule has 4 aromatic rings. The number of carbonyl (C=O) groups excluding carboxylic acids is 3. The first-order valence-corrected chi connectivity index (χ1v) is 10.7. The number of imidazole rings is 1. The van der Waals surface area contributed by atoms with Crippen molar-refractivity contribution < 1.29 is 24.2 Å². The Morgan fingerprint density at radius 1 is 1.06 bits per heavy atom. The summed E-state index contributed by atoms with van der Waals surface area (Å²) in [6.45, 7) is 1.39. The SMILES string of the molecule is COC(=O)Nc1nc2ccc(C3(O)c4ccccc4C(=O)N3c3cccc(NC(C)=O)c3)cc2[nH]1. The van der Waals surface area contributed by atoms with E-state index in [0.29, 0.717) is 39.1 Å². The number of nitrogens with zero attached hydrogens (tertiary/aromatic N) is 2. The number of nitrogens with one attached hydrogen (secondary N) is 3. The zero-order valence-electron chi connectivity index (χ0n) is 18.8. The van der Waals surface area contributed by atoms with Gasteiger partial charge in [-0.2, -0.15) is 0 Å². The van der Waals surface area contributed by atoms with Gasteiger partial charge in [-0.15, -0.1) is 0 Å². The van der Waals surface area contributed by atoms with E-state index >= 15 is 0 Å². The van der Waals surface area contributed by atoms with Crippen molar-refractivity contribution in [2.45, 2.75) is 12.6 Å². The van der Waals surface area contributed by atoms with Crippen molar-refractivity contribution in [2.24, 2.45) is 0 Å². The Labute approximate surface area is 199 Å². The van der Waals surface area contributed by atoms with Crippen LogP contribution in [0, 0.1) is 0 Å². The zero-order valence-corrected chi connectivity index (χ0v) is 18.8. The van der Waals surface area contributed by atoms with E-state index in [9.17, 15) is 19.5 Å². The number of benzene rings is 3. The predicted molar refractivity (Wildman–Crippen MR) is 129 cm³/mol. The molecular formula is C25H21N5O5. The van der Waals surface area contributed by atoms with Gasteiger partial charge in [0.1, 0.15) is 0 Å². The monoisotopic (exact) mass is 471 g/mol.